The van der Waals surface area contributed by atoms with E-state index in [1.54, 1.807) is 22.3 Å². The quantitative estimate of drug-likeness (QED) is 0.119. The normalized spacial score (nSPS) is 19.5. The minimum absolute atomic E-state index is 0.0354. The highest BCUT2D eigenvalue weighted by Crippen LogP contribution is 2.45. The summed E-state index contributed by atoms with van der Waals surface area (Å²) < 4.78 is 15.1. The van der Waals surface area contributed by atoms with E-state index in [0.29, 0.717) is 41.6 Å². The summed E-state index contributed by atoms with van der Waals surface area (Å²) in [7, 11) is -2.23. The molecule has 3 aliphatic rings. The van der Waals surface area contributed by atoms with Crippen LogP contribution in [0.5, 0.6) is 0 Å². The third-order valence-corrected chi connectivity index (χ3v) is 21.3. The van der Waals surface area contributed by atoms with Crippen LogP contribution in [0.25, 0.3) is 27.0 Å². The van der Waals surface area contributed by atoms with E-state index < -0.39 is 25.7 Å². The van der Waals surface area contributed by atoms with Gasteiger partial charge in [0.05, 0.1) is 60.9 Å². The van der Waals surface area contributed by atoms with Gasteiger partial charge < -0.3 is 19.2 Å². The van der Waals surface area contributed by atoms with Gasteiger partial charge in [-0.15, -0.1) is 11.3 Å². The molecule has 0 spiro atoms. The standard InChI is InChI=1S/C54H66ClN7O5SSi/c1-31(2)46(51(65)61-29-39(67-69(10,11)53(5,6)7)27-44(61)49(63)57-32(3)34-15-17-36(18-16-34)48-33(4)56-30-68-48)45-26-38(59-66-45)28-60-23-21-35(22-24-60)37-19-20-42-40(25-37)54(8,9)52-58-50(64)47-41(55)13-12-14-43(47)62(42)52/h12-20,25-26,30-32,35,39,44,46H,21-24,27-29H2,1-11H3,(H,57,63)/t32-,39+,44-,46?/m0/s1. The molecule has 3 aromatic heterocycles. The second-order valence-electron chi connectivity index (χ2n) is 22.0. The van der Waals surface area contributed by atoms with Gasteiger partial charge in [0.1, 0.15) is 23.5 Å². The maximum atomic E-state index is 15.0. The molecule has 364 valence electrons. The van der Waals surface area contributed by atoms with Gasteiger partial charge in [0.2, 0.25) is 11.8 Å². The van der Waals surface area contributed by atoms with Crippen molar-refractivity contribution in [1.29, 1.82) is 0 Å². The van der Waals surface area contributed by atoms with Crippen LogP contribution in [-0.2, 0) is 26.0 Å². The maximum Gasteiger partial charge on any atom is 0.282 e. The summed E-state index contributed by atoms with van der Waals surface area (Å²) in [5.41, 5.74) is 9.22. The van der Waals surface area contributed by atoms with Gasteiger partial charge in [0.15, 0.2) is 8.32 Å². The number of aromatic nitrogens is 4. The Morgan fingerprint density at radius 1 is 1.03 bits per heavy atom. The van der Waals surface area contributed by atoms with Crippen LogP contribution < -0.4 is 10.9 Å². The second kappa shape index (κ2) is 18.6. The Morgan fingerprint density at radius 2 is 1.75 bits per heavy atom. The van der Waals surface area contributed by atoms with Crippen LogP contribution in [0.1, 0.15) is 132 Å². The van der Waals surface area contributed by atoms with Crippen molar-refractivity contribution in [3.05, 3.63) is 127 Å². The minimum atomic E-state index is -2.23. The highest BCUT2D eigenvalue weighted by atomic mass is 35.5. The van der Waals surface area contributed by atoms with E-state index in [0.717, 1.165) is 75.9 Å². The molecule has 2 saturated heterocycles. The van der Waals surface area contributed by atoms with Gasteiger partial charge in [0.25, 0.3) is 5.56 Å². The molecule has 3 aromatic carbocycles. The van der Waals surface area contributed by atoms with E-state index in [4.69, 9.17) is 20.6 Å². The van der Waals surface area contributed by atoms with Crippen molar-refractivity contribution in [1.82, 2.24) is 34.8 Å². The third-order valence-electron chi connectivity index (χ3n) is 15.5. The van der Waals surface area contributed by atoms with Gasteiger partial charge in [-0.05, 0) is 124 Å². The molecule has 4 atom stereocenters. The number of halogens is 1. The van der Waals surface area contributed by atoms with Crippen molar-refractivity contribution in [2.45, 2.75) is 142 Å². The number of rotatable bonds is 12. The molecule has 15 heteroatoms. The van der Waals surface area contributed by atoms with Crippen molar-refractivity contribution in [2.24, 2.45) is 5.92 Å². The SMILES string of the molecule is Cc1ncsc1-c1ccc([C@H](C)NC(=O)[C@@H]2C[C@@H](O[Si](C)(C)C(C)(C)C)CN2C(=O)C(c2cc(CN3CCC(c4ccc5c(c4)C(C)(C)c4nc(=O)c6c(Cl)cccc6n4-5)CC3)no2)C(C)C)cc1. The van der Waals surface area contributed by atoms with E-state index in [-0.39, 0.29) is 40.5 Å². The van der Waals surface area contributed by atoms with Crippen molar-refractivity contribution < 1.29 is 18.5 Å². The van der Waals surface area contributed by atoms with Crippen molar-refractivity contribution in [2.75, 3.05) is 19.6 Å². The lowest BCUT2D eigenvalue weighted by Crippen LogP contribution is -2.48. The first-order chi connectivity index (χ1) is 32.6. The van der Waals surface area contributed by atoms with Gasteiger partial charge in [-0.2, -0.15) is 4.98 Å². The number of aryl methyl sites for hydroxylation is 1. The average molecular weight is 989 g/mol. The van der Waals surface area contributed by atoms with E-state index in [1.807, 2.05) is 51.4 Å². The first-order valence-corrected chi connectivity index (χ1v) is 28.6. The van der Waals surface area contributed by atoms with Gasteiger partial charge in [-0.3, -0.25) is 23.9 Å². The number of nitrogens with zero attached hydrogens (tertiary/aromatic N) is 6. The molecule has 69 heavy (non-hydrogen) atoms. The summed E-state index contributed by atoms with van der Waals surface area (Å²) in [6, 6.07) is 21.5. The zero-order chi connectivity index (χ0) is 49.3. The molecular weight excluding hydrogens is 922 g/mol. The highest BCUT2D eigenvalue weighted by Gasteiger charge is 2.48. The summed E-state index contributed by atoms with van der Waals surface area (Å²) in [5.74, 6) is 0.545. The molecular formula is C54H66ClN7O5SSi. The Hall–Kier alpha value is -4.99. The number of fused-ring (bicyclic) bond motifs is 5. The Labute approximate surface area is 415 Å². The Bertz CT molecular complexity index is 2970. The molecule has 0 aliphatic carbocycles. The number of thiazole rings is 1. The molecule has 2 amide bonds. The number of carbonyl (C=O) groups is 2. The van der Waals surface area contributed by atoms with Crippen LogP contribution >= 0.6 is 22.9 Å². The summed E-state index contributed by atoms with van der Waals surface area (Å²) >= 11 is 8.12. The number of nitrogens with one attached hydrogen (secondary N) is 1. The second-order valence-corrected chi connectivity index (χ2v) is 28.0. The van der Waals surface area contributed by atoms with E-state index >= 15 is 0 Å². The minimum Gasteiger partial charge on any atom is -0.412 e. The Kier molecular flexibility index (Phi) is 13.2. The largest absolute Gasteiger partial charge is 0.412 e. The summed E-state index contributed by atoms with van der Waals surface area (Å²) in [6.45, 7) is 26.1. The maximum absolute atomic E-state index is 15.0. The van der Waals surface area contributed by atoms with Crippen molar-refractivity contribution in [3.63, 3.8) is 0 Å². The molecule has 3 aliphatic heterocycles. The molecule has 0 saturated carbocycles. The molecule has 12 nitrogen and oxygen atoms in total. The lowest BCUT2D eigenvalue weighted by Gasteiger charge is -2.38. The number of hydrogen-bond acceptors (Lipinski definition) is 10. The van der Waals surface area contributed by atoms with Crippen LogP contribution in [0.15, 0.2) is 81.6 Å². The number of amides is 2. The van der Waals surface area contributed by atoms with Crippen LogP contribution in [0.2, 0.25) is 23.2 Å². The fourth-order valence-corrected chi connectivity index (χ4v) is 12.9. The molecule has 1 unspecified atom stereocenters. The van der Waals surface area contributed by atoms with Gasteiger partial charge in [-0.25, -0.2) is 4.98 Å². The first kappa shape index (κ1) is 49.0. The number of benzene rings is 3. The zero-order valence-electron chi connectivity index (χ0n) is 41.9. The highest BCUT2D eigenvalue weighted by molar-refractivity contribution is 7.13. The number of carbonyl (C=O) groups excluding carboxylic acids is 2. The third kappa shape index (κ3) is 9.27. The average Bonchev–Trinajstić information content (AvgIpc) is 4.09. The molecule has 1 N–H and O–H groups in total. The Morgan fingerprint density at radius 3 is 2.42 bits per heavy atom. The van der Waals surface area contributed by atoms with Gasteiger partial charge in [0, 0.05) is 25.6 Å². The summed E-state index contributed by atoms with van der Waals surface area (Å²) in [6.07, 6.45) is 2.10. The molecule has 6 aromatic rings. The number of piperidine rings is 1. The van der Waals surface area contributed by atoms with Crippen LogP contribution in [0.3, 0.4) is 0 Å². The molecule has 0 bridgehead atoms. The Balaban J connectivity index is 0.877. The van der Waals surface area contributed by atoms with Crippen LogP contribution in [-0.4, -0.2) is 81.4 Å². The molecule has 0 radical (unpaired) electrons. The molecule has 2 fully saturated rings. The molecule has 6 heterocycles. The van der Waals surface area contributed by atoms with E-state index in [2.05, 4.69) is 120 Å². The predicted octanol–water partition coefficient (Wildman–Crippen LogP) is 11.1. The monoisotopic (exact) mass is 987 g/mol. The van der Waals surface area contributed by atoms with Crippen molar-refractivity contribution in [3.8, 4) is 16.1 Å². The van der Waals surface area contributed by atoms with Crippen molar-refractivity contribution >= 4 is 54.0 Å². The van der Waals surface area contributed by atoms with E-state index in [1.165, 1.54) is 5.56 Å². The topological polar surface area (TPSA) is 136 Å². The summed E-state index contributed by atoms with van der Waals surface area (Å²) in [5, 5.41) is 8.60. The fourth-order valence-electron chi connectivity index (χ4n) is 10.5. The number of hydrogen-bond donors (Lipinski definition) is 1. The van der Waals surface area contributed by atoms with Crippen LogP contribution in [0.4, 0.5) is 0 Å². The van der Waals surface area contributed by atoms with E-state index in [9.17, 15) is 14.4 Å². The zero-order valence-corrected chi connectivity index (χ0v) is 44.4. The first-order valence-electron chi connectivity index (χ1n) is 24.5. The predicted molar refractivity (Wildman–Crippen MR) is 277 cm³/mol. The summed E-state index contributed by atoms with van der Waals surface area (Å²) in [4.78, 5) is 56.8. The van der Waals surface area contributed by atoms with Crippen LogP contribution in [0, 0.1) is 12.8 Å². The number of likely N-dealkylation sites (tertiary alicyclic amines) is 2. The van der Waals surface area contributed by atoms with Gasteiger partial charge in [-0.1, -0.05) is 93.8 Å². The molecule has 9 rings (SSSR count). The smallest absolute Gasteiger partial charge is 0.282 e. The van der Waals surface area contributed by atoms with Gasteiger partial charge >= 0.3 is 0 Å². The lowest BCUT2D eigenvalue weighted by molar-refractivity contribution is -0.141. The fraction of sp³-hybridized carbons (Fsp3) is 0.481. The lowest BCUT2D eigenvalue weighted by atomic mass is 9.81.